The molecule has 132 valence electrons. The summed E-state index contributed by atoms with van der Waals surface area (Å²) in [4.78, 5) is 10.3. The number of hydrogen-bond acceptors (Lipinski definition) is 2. The zero-order valence-electron chi connectivity index (χ0n) is 14.7. The number of hydrogen-bond donors (Lipinski definition) is 1. The maximum Gasteiger partial charge on any atom is 0.203 e. The smallest absolute Gasteiger partial charge is 0.203 e. The van der Waals surface area contributed by atoms with Crippen LogP contribution in [0, 0.1) is 5.82 Å². The molecule has 0 amide bonds. The zero-order valence-corrected chi connectivity index (χ0v) is 14.7. The molecule has 0 spiro atoms. The van der Waals surface area contributed by atoms with Crippen LogP contribution in [0.2, 0.25) is 0 Å². The van der Waals surface area contributed by atoms with Crippen LogP contribution in [0.25, 0.3) is 0 Å². The number of aromatic amines is 1. The lowest BCUT2D eigenvalue weighted by molar-refractivity contribution is 0.183. The van der Waals surface area contributed by atoms with E-state index in [2.05, 4.69) is 39.1 Å². The van der Waals surface area contributed by atoms with E-state index in [4.69, 9.17) is 0 Å². The lowest BCUT2D eigenvalue weighted by Crippen LogP contribution is -2.51. The van der Waals surface area contributed by atoms with Crippen LogP contribution in [-0.4, -0.2) is 16.5 Å². The van der Waals surface area contributed by atoms with Crippen LogP contribution in [0.5, 0.6) is 0 Å². The van der Waals surface area contributed by atoms with Gasteiger partial charge >= 0.3 is 0 Å². The Balaban J connectivity index is 1.68. The van der Waals surface area contributed by atoms with Gasteiger partial charge in [0.05, 0.1) is 6.04 Å². The van der Waals surface area contributed by atoms with Gasteiger partial charge in [-0.15, -0.1) is 0 Å². The number of imidazole rings is 1. The molecule has 1 N–H and O–H groups in total. The molecule has 2 aliphatic rings. The Morgan fingerprint density at radius 3 is 2.58 bits per heavy atom. The Kier molecular flexibility index (Phi) is 3.59. The fraction of sp³-hybridized carbons (Fsp3) is 0.318. The van der Waals surface area contributed by atoms with Crippen LogP contribution in [0.15, 0.2) is 60.9 Å². The Morgan fingerprint density at radius 1 is 1.08 bits per heavy atom. The van der Waals surface area contributed by atoms with Crippen LogP contribution < -0.4 is 4.90 Å². The average Bonchev–Trinajstić information content (AvgIpc) is 3.17. The molecule has 3 aromatic rings. The Morgan fingerprint density at radius 2 is 1.88 bits per heavy atom. The number of benzene rings is 2. The number of rotatable bonds is 3. The monoisotopic (exact) mass is 347 g/mol. The summed E-state index contributed by atoms with van der Waals surface area (Å²) in [6, 6.07) is 16.1. The number of H-pyrrole nitrogens is 1. The van der Waals surface area contributed by atoms with Gasteiger partial charge in [0, 0.05) is 24.4 Å². The van der Waals surface area contributed by atoms with Gasteiger partial charge < -0.3 is 9.88 Å². The van der Waals surface area contributed by atoms with Crippen LogP contribution >= 0.6 is 0 Å². The van der Waals surface area contributed by atoms with Crippen molar-refractivity contribution in [2.45, 2.75) is 37.1 Å². The number of nitrogens with one attached hydrogen (secondary N) is 1. The summed E-state index contributed by atoms with van der Waals surface area (Å²) in [6.07, 6.45) is 8.18. The number of nitrogens with zero attached hydrogens (tertiary/aromatic N) is 2. The fourth-order valence-corrected chi connectivity index (χ4v) is 4.86. The SMILES string of the molecule is Fc1ccc(C2(C3c4ccccc4CCN3c3ncc[nH]3)CCC2)cc1. The molecule has 1 unspecified atom stereocenters. The summed E-state index contributed by atoms with van der Waals surface area (Å²) in [7, 11) is 0. The number of fused-ring (bicyclic) bond motifs is 1. The summed E-state index contributed by atoms with van der Waals surface area (Å²) >= 11 is 0. The van der Waals surface area contributed by atoms with E-state index < -0.39 is 0 Å². The quantitative estimate of drug-likeness (QED) is 0.740. The first kappa shape index (κ1) is 15.6. The van der Waals surface area contributed by atoms with Crippen molar-refractivity contribution < 1.29 is 4.39 Å². The van der Waals surface area contributed by atoms with E-state index in [1.54, 1.807) is 12.1 Å². The maximum absolute atomic E-state index is 13.6. The van der Waals surface area contributed by atoms with Gasteiger partial charge in [0.15, 0.2) is 0 Å². The highest BCUT2D eigenvalue weighted by Crippen LogP contribution is 2.56. The molecule has 2 heterocycles. The largest absolute Gasteiger partial charge is 0.334 e. The Labute approximate surface area is 152 Å². The third-order valence-electron chi connectivity index (χ3n) is 6.23. The van der Waals surface area contributed by atoms with E-state index in [-0.39, 0.29) is 17.3 Å². The molecule has 1 aliphatic carbocycles. The standard InChI is InChI=1S/C22H22FN3/c23-18-8-6-17(7-9-18)22(11-3-12-22)20-19-5-2-1-4-16(19)10-15-26(20)21-24-13-14-25-21/h1-2,4-9,13-14,20H,3,10-12,15H2,(H,24,25). The zero-order chi connectivity index (χ0) is 17.6. The second kappa shape index (κ2) is 5.97. The first-order valence-electron chi connectivity index (χ1n) is 9.38. The topological polar surface area (TPSA) is 31.9 Å². The van der Waals surface area contributed by atoms with Crippen molar-refractivity contribution in [3.63, 3.8) is 0 Å². The lowest BCUT2D eigenvalue weighted by Gasteiger charge is -2.54. The summed E-state index contributed by atoms with van der Waals surface area (Å²) in [5.41, 5.74) is 4.06. The first-order valence-corrected chi connectivity index (χ1v) is 9.38. The predicted molar refractivity (Wildman–Crippen MR) is 101 cm³/mol. The molecule has 4 heteroatoms. The highest BCUT2D eigenvalue weighted by atomic mass is 19.1. The van der Waals surface area contributed by atoms with Crippen molar-refractivity contribution in [2.24, 2.45) is 0 Å². The lowest BCUT2D eigenvalue weighted by atomic mass is 9.57. The summed E-state index contributed by atoms with van der Waals surface area (Å²) in [5.74, 6) is 0.757. The molecule has 0 bridgehead atoms. The molecule has 1 saturated carbocycles. The van der Waals surface area contributed by atoms with Gasteiger partial charge in [-0.3, -0.25) is 0 Å². The van der Waals surface area contributed by atoms with Crippen molar-refractivity contribution in [1.29, 1.82) is 0 Å². The minimum Gasteiger partial charge on any atom is -0.334 e. The van der Waals surface area contributed by atoms with Crippen LogP contribution in [-0.2, 0) is 11.8 Å². The summed E-state index contributed by atoms with van der Waals surface area (Å²) in [5, 5.41) is 0. The van der Waals surface area contributed by atoms with E-state index in [1.807, 2.05) is 24.5 Å². The van der Waals surface area contributed by atoms with Gasteiger partial charge in [-0.1, -0.05) is 42.8 Å². The normalized spacial score (nSPS) is 21.1. The Bertz CT molecular complexity index is 897. The van der Waals surface area contributed by atoms with Crippen molar-refractivity contribution >= 4 is 5.95 Å². The van der Waals surface area contributed by atoms with Gasteiger partial charge in [0.2, 0.25) is 5.95 Å². The van der Waals surface area contributed by atoms with Crippen molar-refractivity contribution in [1.82, 2.24) is 9.97 Å². The molecule has 1 atom stereocenters. The molecule has 0 saturated heterocycles. The van der Waals surface area contributed by atoms with Gasteiger partial charge in [0.1, 0.15) is 5.82 Å². The van der Waals surface area contributed by atoms with Crippen molar-refractivity contribution in [3.05, 3.63) is 83.4 Å². The van der Waals surface area contributed by atoms with Crippen LogP contribution in [0.1, 0.15) is 42.0 Å². The second-order valence-electron chi connectivity index (χ2n) is 7.47. The van der Waals surface area contributed by atoms with E-state index in [0.29, 0.717) is 0 Å². The molecular formula is C22H22FN3. The third kappa shape index (κ3) is 2.28. The highest BCUT2D eigenvalue weighted by molar-refractivity contribution is 5.50. The molecule has 1 aromatic heterocycles. The van der Waals surface area contributed by atoms with E-state index in [1.165, 1.54) is 23.1 Å². The van der Waals surface area contributed by atoms with Crippen molar-refractivity contribution in [2.75, 3.05) is 11.4 Å². The maximum atomic E-state index is 13.6. The molecule has 0 radical (unpaired) electrons. The molecule has 2 aromatic carbocycles. The fourth-order valence-electron chi connectivity index (χ4n) is 4.86. The average molecular weight is 347 g/mol. The number of aromatic nitrogens is 2. The molecular weight excluding hydrogens is 325 g/mol. The van der Waals surface area contributed by atoms with Crippen molar-refractivity contribution in [3.8, 4) is 0 Å². The van der Waals surface area contributed by atoms with Gasteiger partial charge in [-0.2, -0.15) is 0 Å². The molecule has 5 rings (SSSR count). The van der Waals surface area contributed by atoms with Crippen LogP contribution in [0.3, 0.4) is 0 Å². The Hall–Kier alpha value is -2.62. The third-order valence-corrected chi connectivity index (χ3v) is 6.23. The van der Waals surface area contributed by atoms with Gasteiger partial charge in [-0.05, 0) is 48.1 Å². The highest BCUT2D eigenvalue weighted by Gasteiger charge is 2.50. The van der Waals surface area contributed by atoms with Gasteiger partial charge in [0.25, 0.3) is 0 Å². The molecule has 3 nitrogen and oxygen atoms in total. The minimum atomic E-state index is -0.171. The van der Waals surface area contributed by atoms with E-state index in [0.717, 1.165) is 31.8 Å². The van der Waals surface area contributed by atoms with Gasteiger partial charge in [-0.25, -0.2) is 9.37 Å². The predicted octanol–water partition coefficient (Wildman–Crippen LogP) is 4.77. The van der Waals surface area contributed by atoms with Crippen LogP contribution in [0.4, 0.5) is 10.3 Å². The summed E-state index contributed by atoms with van der Waals surface area (Å²) in [6.45, 7) is 0.943. The molecule has 1 fully saturated rings. The number of halogens is 1. The number of anilines is 1. The van der Waals surface area contributed by atoms with E-state index >= 15 is 0 Å². The minimum absolute atomic E-state index is 0.0109. The first-order chi connectivity index (χ1) is 12.8. The summed E-state index contributed by atoms with van der Waals surface area (Å²) < 4.78 is 13.6. The van der Waals surface area contributed by atoms with E-state index in [9.17, 15) is 4.39 Å². The molecule has 1 aliphatic heterocycles. The second-order valence-corrected chi connectivity index (χ2v) is 7.47. The molecule has 26 heavy (non-hydrogen) atoms.